The molecule has 8 heteroatoms. The van der Waals surface area contributed by atoms with Crippen LogP contribution in [0.25, 0.3) is 0 Å². The molecule has 0 radical (unpaired) electrons. The summed E-state index contributed by atoms with van der Waals surface area (Å²) in [4.78, 5) is 43.7. The minimum atomic E-state index is -0.833. The number of anilines is 1. The Hall–Kier alpha value is -3.08. The first kappa shape index (κ1) is 21.2. The SMILES string of the molecule is CC1CCCCC12NC(=O)N(CC(=O)N1CCCN(c3ccc(C#N)cc3)CC1)C2=O. The summed E-state index contributed by atoms with van der Waals surface area (Å²) < 4.78 is 0. The monoisotopic (exact) mass is 423 g/mol. The molecule has 2 aliphatic heterocycles. The third kappa shape index (κ3) is 3.97. The van der Waals surface area contributed by atoms with Gasteiger partial charge in [-0.1, -0.05) is 19.8 Å². The van der Waals surface area contributed by atoms with Crippen molar-refractivity contribution in [2.24, 2.45) is 5.92 Å². The second kappa shape index (κ2) is 8.58. The van der Waals surface area contributed by atoms with E-state index in [1.165, 1.54) is 0 Å². The molecule has 1 saturated carbocycles. The molecule has 0 bridgehead atoms. The van der Waals surface area contributed by atoms with Crippen LogP contribution in [0.3, 0.4) is 0 Å². The second-order valence-electron chi connectivity index (χ2n) is 8.82. The fourth-order valence-corrected chi connectivity index (χ4v) is 5.05. The molecule has 1 aromatic carbocycles. The molecular weight excluding hydrogens is 394 g/mol. The zero-order valence-corrected chi connectivity index (χ0v) is 18.0. The van der Waals surface area contributed by atoms with Crippen molar-refractivity contribution in [3.63, 3.8) is 0 Å². The fourth-order valence-electron chi connectivity index (χ4n) is 5.05. The standard InChI is InChI=1S/C23H29N5O3/c1-17-5-2-3-10-23(17)21(30)28(22(31)25-23)16-20(29)27-12-4-11-26(13-14-27)19-8-6-18(15-24)7-9-19/h6-9,17H,2-5,10-14,16H2,1H3,(H,25,31). The molecule has 0 aromatic heterocycles. The van der Waals surface area contributed by atoms with Crippen LogP contribution >= 0.6 is 0 Å². The quantitative estimate of drug-likeness (QED) is 0.751. The first-order valence-electron chi connectivity index (χ1n) is 11.1. The molecule has 3 aliphatic rings. The molecule has 8 nitrogen and oxygen atoms in total. The molecule has 1 aromatic rings. The van der Waals surface area contributed by atoms with Gasteiger partial charge < -0.3 is 15.1 Å². The first-order chi connectivity index (χ1) is 14.9. The van der Waals surface area contributed by atoms with Gasteiger partial charge in [0.05, 0.1) is 11.6 Å². The maximum Gasteiger partial charge on any atom is 0.325 e. The van der Waals surface area contributed by atoms with E-state index in [0.717, 1.165) is 42.8 Å². The number of nitrogens with zero attached hydrogens (tertiary/aromatic N) is 4. The zero-order chi connectivity index (χ0) is 22.0. The van der Waals surface area contributed by atoms with Crippen LogP contribution in [0, 0.1) is 17.2 Å². The molecule has 2 atom stereocenters. The minimum absolute atomic E-state index is 0.0805. The number of carbonyl (C=O) groups excluding carboxylic acids is 3. The summed E-state index contributed by atoms with van der Waals surface area (Å²) in [6.45, 7) is 4.41. The summed E-state index contributed by atoms with van der Waals surface area (Å²) >= 11 is 0. The molecule has 31 heavy (non-hydrogen) atoms. The van der Waals surface area contributed by atoms with Crippen LogP contribution in [-0.2, 0) is 9.59 Å². The van der Waals surface area contributed by atoms with Crippen molar-refractivity contribution in [3.05, 3.63) is 29.8 Å². The Bertz CT molecular complexity index is 909. The van der Waals surface area contributed by atoms with Gasteiger partial charge in [-0.3, -0.25) is 14.5 Å². The molecule has 1 N–H and O–H groups in total. The van der Waals surface area contributed by atoms with Crippen LogP contribution < -0.4 is 10.2 Å². The lowest BCUT2D eigenvalue weighted by Gasteiger charge is -2.36. The lowest BCUT2D eigenvalue weighted by molar-refractivity contribution is -0.140. The molecule has 4 amide bonds. The van der Waals surface area contributed by atoms with Crippen molar-refractivity contribution < 1.29 is 14.4 Å². The van der Waals surface area contributed by atoms with Gasteiger partial charge in [0.1, 0.15) is 12.1 Å². The van der Waals surface area contributed by atoms with Gasteiger partial charge in [0.15, 0.2) is 0 Å². The van der Waals surface area contributed by atoms with Gasteiger partial charge in [0.25, 0.3) is 5.91 Å². The lowest BCUT2D eigenvalue weighted by Crippen LogP contribution is -2.54. The first-order valence-corrected chi connectivity index (χ1v) is 11.1. The maximum atomic E-state index is 13.1. The molecule has 2 unspecified atom stereocenters. The molecule has 164 valence electrons. The fraction of sp³-hybridized carbons (Fsp3) is 0.565. The van der Waals surface area contributed by atoms with E-state index < -0.39 is 11.6 Å². The van der Waals surface area contributed by atoms with Crippen LogP contribution in [0.1, 0.15) is 44.6 Å². The summed E-state index contributed by atoms with van der Waals surface area (Å²) in [6, 6.07) is 9.12. The van der Waals surface area contributed by atoms with Gasteiger partial charge in [-0.15, -0.1) is 0 Å². The zero-order valence-electron chi connectivity index (χ0n) is 18.0. The average Bonchev–Trinajstić information content (AvgIpc) is 2.95. The molecule has 1 spiro atoms. The van der Waals surface area contributed by atoms with Gasteiger partial charge in [-0.25, -0.2) is 4.79 Å². The Morgan fingerprint density at radius 1 is 1.13 bits per heavy atom. The third-order valence-electron chi connectivity index (χ3n) is 7.00. The highest BCUT2D eigenvalue weighted by Crippen LogP contribution is 2.38. The Balaban J connectivity index is 1.38. The molecule has 4 rings (SSSR count). The van der Waals surface area contributed by atoms with E-state index in [9.17, 15) is 14.4 Å². The lowest BCUT2D eigenvalue weighted by atomic mass is 9.73. The van der Waals surface area contributed by atoms with E-state index >= 15 is 0 Å². The van der Waals surface area contributed by atoms with Gasteiger partial charge in [0.2, 0.25) is 5.91 Å². The van der Waals surface area contributed by atoms with Crippen LogP contribution in [0.5, 0.6) is 0 Å². The number of imide groups is 1. The van der Waals surface area contributed by atoms with Crippen LogP contribution in [0.4, 0.5) is 10.5 Å². The Kier molecular flexibility index (Phi) is 5.86. The van der Waals surface area contributed by atoms with Gasteiger partial charge in [-0.05, 0) is 49.4 Å². The van der Waals surface area contributed by atoms with Gasteiger partial charge >= 0.3 is 6.03 Å². The number of amides is 4. The summed E-state index contributed by atoms with van der Waals surface area (Å²) in [5.41, 5.74) is 0.811. The normalized spacial score (nSPS) is 26.6. The number of carbonyl (C=O) groups is 3. The summed E-state index contributed by atoms with van der Waals surface area (Å²) in [6.07, 6.45) is 4.33. The van der Waals surface area contributed by atoms with Crippen molar-refractivity contribution in [2.75, 3.05) is 37.6 Å². The second-order valence-corrected chi connectivity index (χ2v) is 8.82. The molecule has 1 aliphatic carbocycles. The average molecular weight is 424 g/mol. The largest absolute Gasteiger partial charge is 0.370 e. The van der Waals surface area contributed by atoms with Crippen molar-refractivity contribution in [1.29, 1.82) is 5.26 Å². The number of hydrogen-bond acceptors (Lipinski definition) is 5. The topological polar surface area (TPSA) is 96.8 Å². The molecular formula is C23H29N5O3. The molecule has 2 saturated heterocycles. The Morgan fingerprint density at radius 2 is 1.90 bits per heavy atom. The van der Waals surface area contributed by atoms with Crippen molar-refractivity contribution in [2.45, 2.75) is 44.6 Å². The highest BCUT2D eigenvalue weighted by Gasteiger charge is 2.55. The summed E-state index contributed by atoms with van der Waals surface area (Å²) in [5.74, 6) is -0.352. The van der Waals surface area contributed by atoms with E-state index in [1.807, 2.05) is 19.1 Å². The molecule has 2 heterocycles. The minimum Gasteiger partial charge on any atom is -0.370 e. The summed E-state index contributed by atoms with van der Waals surface area (Å²) in [7, 11) is 0. The Labute approximate surface area is 182 Å². The highest BCUT2D eigenvalue weighted by atomic mass is 16.2. The van der Waals surface area contributed by atoms with E-state index in [0.29, 0.717) is 31.6 Å². The molecule has 3 fully saturated rings. The van der Waals surface area contributed by atoms with Crippen molar-refractivity contribution >= 4 is 23.5 Å². The van der Waals surface area contributed by atoms with Crippen molar-refractivity contribution in [3.8, 4) is 6.07 Å². The number of rotatable bonds is 3. The number of hydrogen-bond donors (Lipinski definition) is 1. The predicted molar refractivity (Wildman–Crippen MR) is 115 cm³/mol. The van der Waals surface area contributed by atoms with E-state index in [-0.39, 0.29) is 24.3 Å². The number of nitriles is 1. The number of nitrogens with one attached hydrogen (secondary N) is 1. The van der Waals surface area contributed by atoms with Gasteiger partial charge in [0, 0.05) is 31.9 Å². The third-order valence-corrected chi connectivity index (χ3v) is 7.00. The van der Waals surface area contributed by atoms with Crippen molar-refractivity contribution in [1.82, 2.24) is 15.1 Å². The van der Waals surface area contributed by atoms with Crippen LogP contribution in [0.2, 0.25) is 0 Å². The van der Waals surface area contributed by atoms with Crippen LogP contribution in [0.15, 0.2) is 24.3 Å². The number of urea groups is 1. The van der Waals surface area contributed by atoms with E-state index in [1.54, 1.807) is 17.0 Å². The highest BCUT2D eigenvalue weighted by molar-refractivity contribution is 6.09. The Morgan fingerprint density at radius 3 is 2.61 bits per heavy atom. The smallest absolute Gasteiger partial charge is 0.325 e. The maximum absolute atomic E-state index is 13.1. The number of benzene rings is 1. The van der Waals surface area contributed by atoms with E-state index in [4.69, 9.17) is 5.26 Å². The van der Waals surface area contributed by atoms with E-state index in [2.05, 4.69) is 16.3 Å². The van der Waals surface area contributed by atoms with Crippen LogP contribution in [-0.4, -0.2) is 65.9 Å². The van der Waals surface area contributed by atoms with Gasteiger partial charge in [-0.2, -0.15) is 5.26 Å². The predicted octanol–water partition coefficient (Wildman–Crippen LogP) is 2.10. The summed E-state index contributed by atoms with van der Waals surface area (Å²) in [5, 5.41) is 11.9.